The Balaban J connectivity index is 2.15. The number of Topliss-reactive ketones (excluding diaryl/α,β-unsaturated/α-hetero) is 1. The van der Waals surface area contributed by atoms with Crippen LogP contribution in [0, 0.1) is 5.41 Å². The van der Waals surface area contributed by atoms with E-state index in [1.165, 1.54) is 0 Å². The van der Waals surface area contributed by atoms with Crippen LogP contribution >= 0.6 is 0 Å². The summed E-state index contributed by atoms with van der Waals surface area (Å²) in [6, 6.07) is 0. The fourth-order valence-corrected chi connectivity index (χ4v) is 2.17. The van der Waals surface area contributed by atoms with Gasteiger partial charge in [0.15, 0.2) is 5.78 Å². The van der Waals surface area contributed by atoms with Crippen LogP contribution in [-0.2, 0) is 9.53 Å². The van der Waals surface area contributed by atoms with E-state index in [2.05, 4.69) is 11.9 Å². The Morgan fingerprint density at radius 2 is 2.23 bits per heavy atom. The van der Waals surface area contributed by atoms with Crippen molar-refractivity contribution in [3.63, 3.8) is 0 Å². The molecule has 2 heterocycles. The Bertz CT molecular complexity index is 231. The standard InChI is InChI=1S/C10H15NO2/c1-2-8-9(12)10(7-13-8)3-5-11-6-4-10/h2,8,11H,1,3-7H2/t8-/m0/s1. The predicted octanol–water partition coefficient (Wildman–Crippen LogP) is 0.510. The molecule has 2 aliphatic rings. The van der Waals surface area contributed by atoms with Gasteiger partial charge in [-0.1, -0.05) is 6.08 Å². The molecule has 0 aromatic heterocycles. The van der Waals surface area contributed by atoms with Gasteiger partial charge in [0.05, 0.1) is 12.0 Å². The maximum atomic E-state index is 11.9. The molecule has 0 amide bonds. The van der Waals surface area contributed by atoms with Crippen LogP contribution in [0.25, 0.3) is 0 Å². The average Bonchev–Trinajstić information content (AvgIpc) is 2.47. The highest BCUT2D eigenvalue weighted by molar-refractivity contribution is 5.92. The van der Waals surface area contributed by atoms with Gasteiger partial charge in [-0.2, -0.15) is 0 Å². The fourth-order valence-electron chi connectivity index (χ4n) is 2.17. The van der Waals surface area contributed by atoms with E-state index in [1.54, 1.807) is 6.08 Å². The van der Waals surface area contributed by atoms with Crippen molar-refractivity contribution in [2.24, 2.45) is 5.41 Å². The van der Waals surface area contributed by atoms with Crippen molar-refractivity contribution >= 4 is 5.78 Å². The van der Waals surface area contributed by atoms with Crippen molar-refractivity contribution in [1.82, 2.24) is 5.32 Å². The third-order valence-corrected chi connectivity index (χ3v) is 3.10. The first-order chi connectivity index (χ1) is 6.28. The summed E-state index contributed by atoms with van der Waals surface area (Å²) >= 11 is 0. The molecule has 2 rings (SSSR count). The first kappa shape index (κ1) is 8.91. The number of hydrogen-bond acceptors (Lipinski definition) is 3. The zero-order valence-electron chi connectivity index (χ0n) is 7.71. The molecule has 0 saturated carbocycles. The van der Waals surface area contributed by atoms with Crippen LogP contribution in [-0.4, -0.2) is 31.6 Å². The second-order valence-corrected chi connectivity index (χ2v) is 3.86. The largest absolute Gasteiger partial charge is 0.365 e. The lowest BCUT2D eigenvalue weighted by atomic mass is 9.76. The molecule has 1 spiro atoms. The van der Waals surface area contributed by atoms with Crippen molar-refractivity contribution in [3.05, 3.63) is 12.7 Å². The SMILES string of the molecule is C=C[C@@H]1OCC2(CCNCC2)C1=O. The minimum atomic E-state index is -0.349. The molecular formula is C10H15NO2. The summed E-state index contributed by atoms with van der Waals surface area (Å²) in [7, 11) is 0. The minimum absolute atomic E-state index is 0.190. The van der Waals surface area contributed by atoms with Gasteiger partial charge in [0.1, 0.15) is 6.10 Å². The number of piperidine rings is 1. The fraction of sp³-hybridized carbons (Fsp3) is 0.700. The first-order valence-corrected chi connectivity index (χ1v) is 4.78. The highest BCUT2D eigenvalue weighted by atomic mass is 16.5. The maximum Gasteiger partial charge on any atom is 0.173 e. The smallest absolute Gasteiger partial charge is 0.173 e. The summed E-state index contributed by atoms with van der Waals surface area (Å²) in [5.74, 6) is 0.240. The van der Waals surface area contributed by atoms with E-state index in [-0.39, 0.29) is 17.3 Å². The van der Waals surface area contributed by atoms with E-state index in [1.807, 2.05) is 0 Å². The normalized spacial score (nSPS) is 32.3. The number of ketones is 1. The molecule has 2 aliphatic heterocycles. The van der Waals surface area contributed by atoms with E-state index in [0.717, 1.165) is 25.9 Å². The lowest BCUT2D eigenvalue weighted by molar-refractivity contribution is -0.127. The first-order valence-electron chi connectivity index (χ1n) is 4.78. The summed E-state index contributed by atoms with van der Waals surface area (Å²) in [5, 5.41) is 3.26. The minimum Gasteiger partial charge on any atom is -0.365 e. The van der Waals surface area contributed by atoms with Gasteiger partial charge in [-0.25, -0.2) is 0 Å². The van der Waals surface area contributed by atoms with Crippen LogP contribution in [0.1, 0.15) is 12.8 Å². The van der Waals surface area contributed by atoms with E-state index in [4.69, 9.17) is 4.74 Å². The molecular weight excluding hydrogens is 166 g/mol. The lowest BCUT2D eigenvalue weighted by Crippen LogP contribution is -2.42. The summed E-state index contributed by atoms with van der Waals surface area (Å²) < 4.78 is 5.41. The van der Waals surface area contributed by atoms with Crippen molar-refractivity contribution in [2.75, 3.05) is 19.7 Å². The van der Waals surface area contributed by atoms with Crippen LogP contribution in [0.2, 0.25) is 0 Å². The van der Waals surface area contributed by atoms with E-state index in [0.29, 0.717) is 6.61 Å². The molecule has 72 valence electrons. The third-order valence-electron chi connectivity index (χ3n) is 3.10. The molecule has 1 N–H and O–H groups in total. The Morgan fingerprint density at radius 3 is 2.77 bits per heavy atom. The Kier molecular flexibility index (Phi) is 2.22. The highest BCUT2D eigenvalue weighted by Crippen LogP contribution is 2.37. The van der Waals surface area contributed by atoms with Gasteiger partial charge in [0, 0.05) is 0 Å². The highest BCUT2D eigenvalue weighted by Gasteiger charge is 2.47. The second-order valence-electron chi connectivity index (χ2n) is 3.86. The van der Waals surface area contributed by atoms with Gasteiger partial charge < -0.3 is 10.1 Å². The van der Waals surface area contributed by atoms with E-state index < -0.39 is 0 Å². The average molecular weight is 181 g/mol. The summed E-state index contributed by atoms with van der Waals surface area (Å²) in [5.41, 5.74) is -0.190. The number of carbonyl (C=O) groups excluding carboxylic acids is 1. The number of nitrogens with one attached hydrogen (secondary N) is 1. The number of carbonyl (C=O) groups is 1. The number of rotatable bonds is 1. The maximum absolute atomic E-state index is 11.9. The Hall–Kier alpha value is -0.670. The third kappa shape index (κ3) is 1.32. The van der Waals surface area contributed by atoms with Crippen LogP contribution < -0.4 is 5.32 Å². The van der Waals surface area contributed by atoms with Gasteiger partial charge in [0.2, 0.25) is 0 Å². The van der Waals surface area contributed by atoms with Gasteiger partial charge in [-0.15, -0.1) is 6.58 Å². The van der Waals surface area contributed by atoms with Crippen molar-refractivity contribution in [1.29, 1.82) is 0 Å². The summed E-state index contributed by atoms with van der Waals surface area (Å²) in [6.07, 6.45) is 3.09. The van der Waals surface area contributed by atoms with Crippen LogP contribution in [0.15, 0.2) is 12.7 Å². The molecule has 0 bridgehead atoms. The molecule has 2 saturated heterocycles. The molecule has 0 unspecified atom stereocenters. The molecule has 1 atom stereocenters. The van der Waals surface area contributed by atoms with Gasteiger partial charge >= 0.3 is 0 Å². The molecule has 0 aromatic carbocycles. The zero-order chi connectivity index (χ0) is 9.31. The molecule has 3 heteroatoms. The van der Waals surface area contributed by atoms with Gasteiger partial charge in [-0.05, 0) is 25.9 Å². The van der Waals surface area contributed by atoms with Crippen LogP contribution in [0.3, 0.4) is 0 Å². The Labute approximate surface area is 78.1 Å². The van der Waals surface area contributed by atoms with Crippen LogP contribution in [0.4, 0.5) is 0 Å². The van der Waals surface area contributed by atoms with Crippen molar-refractivity contribution in [3.8, 4) is 0 Å². The molecule has 0 aliphatic carbocycles. The molecule has 2 fully saturated rings. The van der Waals surface area contributed by atoms with Crippen molar-refractivity contribution in [2.45, 2.75) is 18.9 Å². The molecule has 0 radical (unpaired) electrons. The van der Waals surface area contributed by atoms with E-state index in [9.17, 15) is 4.79 Å². The molecule has 3 nitrogen and oxygen atoms in total. The second kappa shape index (κ2) is 3.24. The number of hydrogen-bond donors (Lipinski definition) is 1. The summed E-state index contributed by atoms with van der Waals surface area (Å²) in [6.45, 7) is 6.06. The molecule has 13 heavy (non-hydrogen) atoms. The van der Waals surface area contributed by atoms with Gasteiger partial charge in [0.25, 0.3) is 0 Å². The zero-order valence-corrected chi connectivity index (χ0v) is 7.71. The Morgan fingerprint density at radius 1 is 1.54 bits per heavy atom. The monoisotopic (exact) mass is 181 g/mol. The van der Waals surface area contributed by atoms with E-state index >= 15 is 0 Å². The molecule has 0 aromatic rings. The predicted molar refractivity (Wildman–Crippen MR) is 49.5 cm³/mol. The van der Waals surface area contributed by atoms with Crippen molar-refractivity contribution < 1.29 is 9.53 Å². The van der Waals surface area contributed by atoms with Gasteiger partial charge in [-0.3, -0.25) is 4.79 Å². The summed E-state index contributed by atoms with van der Waals surface area (Å²) in [4.78, 5) is 11.9. The van der Waals surface area contributed by atoms with Crippen LogP contribution in [0.5, 0.6) is 0 Å². The number of ether oxygens (including phenoxy) is 1. The lowest BCUT2D eigenvalue weighted by Gasteiger charge is -2.30. The topological polar surface area (TPSA) is 38.3 Å². The quantitative estimate of drug-likeness (QED) is 0.599.